The highest BCUT2D eigenvalue weighted by molar-refractivity contribution is 7.89. The zero-order chi connectivity index (χ0) is 20.9. The van der Waals surface area contributed by atoms with Crippen LogP contribution in [0.3, 0.4) is 0 Å². The van der Waals surface area contributed by atoms with E-state index in [9.17, 15) is 13.2 Å². The van der Waals surface area contributed by atoms with Crippen molar-refractivity contribution in [3.8, 4) is 0 Å². The average Bonchev–Trinajstić information content (AvgIpc) is 2.70. The molecule has 1 saturated carbocycles. The summed E-state index contributed by atoms with van der Waals surface area (Å²) < 4.78 is 27.9. The summed E-state index contributed by atoms with van der Waals surface area (Å²) in [6, 6.07) is 11.7. The number of carbonyl (C=O) groups is 1. The second-order valence-electron chi connectivity index (χ2n) is 7.25. The SMILES string of the molecule is O=C(CCc1ccc(S(=O)(=O)NC2CCCCC2)cc1)Nc1c(Cl)cccc1Cl. The summed E-state index contributed by atoms with van der Waals surface area (Å²) in [5.74, 6) is -0.212. The summed E-state index contributed by atoms with van der Waals surface area (Å²) in [4.78, 5) is 12.5. The predicted molar refractivity (Wildman–Crippen MR) is 117 cm³/mol. The molecule has 156 valence electrons. The lowest BCUT2D eigenvalue weighted by Crippen LogP contribution is -2.36. The van der Waals surface area contributed by atoms with Crippen molar-refractivity contribution >= 4 is 44.8 Å². The highest BCUT2D eigenvalue weighted by Crippen LogP contribution is 2.30. The van der Waals surface area contributed by atoms with Gasteiger partial charge < -0.3 is 5.32 Å². The highest BCUT2D eigenvalue weighted by atomic mass is 35.5. The van der Waals surface area contributed by atoms with E-state index in [1.807, 2.05) is 0 Å². The van der Waals surface area contributed by atoms with Crippen molar-refractivity contribution in [2.45, 2.75) is 55.9 Å². The molecule has 5 nitrogen and oxygen atoms in total. The van der Waals surface area contributed by atoms with Crippen molar-refractivity contribution in [3.05, 3.63) is 58.1 Å². The summed E-state index contributed by atoms with van der Waals surface area (Å²) in [6.07, 6.45) is 5.78. The van der Waals surface area contributed by atoms with Crippen molar-refractivity contribution in [1.29, 1.82) is 0 Å². The zero-order valence-electron chi connectivity index (χ0n) is 16.0. The molecule has 0 unspecified atom stereocenters. The molecule has 0 saturated heterocycles. The number of anilines is 1. The van der Waals surface area contributed by atoms with Gasteiger partial charge in [0.25, 0.3) is 0 Å². The lowest BCUT2D eigenvalue weighted by Gasteiger charge is -2.22. The lowest BCUT2D eigenvalue weighted by atomic mass is 9.96. The number of aryl methyl sites for hydroxylation is 1. The number of halogens is 2. The fraction of sp³-hybridized carbons (Fsp3) is 0.381. The van der Waals surface area contributed by atoms with E-state index < -0.39 is 10.0 Å². The standard InChI is InChI=1S/C21H24Cl2N2O3S/c22-18-7-4-8-19(23)21(18)24-20(26)14-11-15-9-12-17(13-10-15)29(27,28)25-16-5-2-1-3-6-16/h4,7-10,12-13,16,25H,1-3,5-6,11,14H2,(H,24,26). The molecular formula is C21H24Cl2N2O3S. The molecule has 0 aliphatic heterocycles. The number of para-hydroxylation sites is 1. The average molecular weight is 455 g/mol. The maximum atomic E-state index is 12.5. The van der Waals surface area contributed by atoms with Crippen LogP contribution in [0.15, 0.2) is 47.4 Å². The van der Waals surface area contributed by atoms with Crippen LogP contribution in [0, 0.1) is 0 Å². The molecule has 2 N–H and O–H groups in total. The minimum atomic E-state index is -3.52. The van der Waals surface area contributed by atoms with Gasteiger partial charge in [-0.05, 0) is 49.1 Å². The van der Waals surface area contributed by atoms with Gasteiger partial charge in [0, 0.05) is 12.5 Å². The van der Waals surface area contributed by atoms with Crippen LogP contribution in [-0.2, 0) is 21.2 Å². The minimum Gasteiger partial charge on any atom is -0.324 e. The third-order valence-corrected chi connectivity index (χ3v) is 7.19. The highest BCUT2D eigenvalue weighted by Gasteiger charge is 2.21. The Hall–Kier alpha value is -1.60. The van der Waals surface area contributed by atoms with Crippen molar-refractivity contribution in [2.75, 3.05) is 5.32 Å². The Bertz CT molecular complexity index is 936. The molecule has 0 spiro atoms. The first-order valence-corrected chi connectivity index (χ1v) is 11.9. The second kappa shape index (κ2) is 9.94. The second-order valence-corrected chi connectivity index (χ2v) is 9.77. The third kappa shape index (κ3) is 6.19. The maximum absolute atomic E-state index is 12.5. The first kappa shape index (κ1) is 22.1. The van der Waals surface area contributed by atoms with E-state index in [0.29, 0.717) is 22.2 Å². The van der Waals surface area contributed by atoms with Crippen LogP contribution < -0.4 is 10.0 Å². The Kier molecular flexibility index (Phi) is 7.57. The molecular weight excluding hydrogens is 431 g/mol. The summed E-state index contributed by atoms with van der Waals surface area (Å²) >= 11 is 12.1. The van der Waals surface area contributed by atoms with Gasteiger partial charge in [0.15, 0.2) is 0 Å². The van der Waals surface area contributed by atoms with Crippen molar-refractivity contribution in [1.82, 2.24) is 4.72 Å². The smallest absolute Gasteiger partial charge is 0.240 e. The molecule has 2 aromatic rings. The first-order chi connectivity index (χ1) is 13.8. The Morgan fingerprint density at radius 1 is 0.966 bits per heavy atom. The van der Waals surface area contributed by atoms with Gasteiger partial charge in [-0.2, -0.15) is 0 Å². The molecule has 0 atom stereocenters. The molecule has 0 radical (unpaired) electrons. The van der Waals surface area contributed by atoms with Crippen LogP contribution in [0.2, 0.25) is 10.0 Å². The number of carbonyl (C=O) groups excluding carboxylic acids is 1. The van der Waals surface area contributed by atoms with Gasteiger partial charge in [-0.15, -0.1) is 0 Å². The number of rotatable bonds is 7. The van der Waals surface area contributed by atoms with Crippen LogP contribution in [0.1, 0.15) is 44.1 Å². The Morgan fingerprint density at radius 3 is 2.21 bits per heavy atom. The number of hydrogen-bond donors (Lipinski definition) is 2. The van der Waals surface area contributed by atoms with Crippen molar-refractivity contribution in [2.24, 2.45) is 0 Å². The number of hydrogen-bond acceptors (Lipinski definition) is 3. The molecule has 1 aliphatic carbocycles. The molecule has 2 aromatic carbocycles. The fourth-order valence-electron chi connectivity index (χ4n) is 3.42. The topological polar surface area (TPSA) is 75.3 Å². The largest absolute Gasteiger partial charge is 0.324 e. The number of nitrogens with one attached hydrogen (secondary N) is 2. The molecule has 29 heavy (non-hydrogen) atoms. The predicted octanol–water partition coefficient (Wildman–Crippen LogP) is 5.18. The lowest BCUT2D eigenvalue weighted by molar-refractivity contribution is -0.116. The molecule has 0 bridgehead atoms. The van der Waals surface area contributed by atoms with E-state index in [0.717, 1.165) is 31.2 Å². The van der Waals surface area contributed by atoms with Crippen LogP contribution >= 0.6 is 23.2 Å². The Balaban J connectivity index is 1.55. The van der Waals surface area contributed by atoms with Gasteiger partial charge in [-0.1, -0.05) is 60.7 Å². The maximum Gasteiger partial charge on any atom is 0.240 e. The minimum absolute atomic E-state index is 0.0220. The van der Waals surface area contributed by atoms with E-state index in [4.69, 9.17) is 23.2 Å². The van der Waals surface area contributed by atoms with Crippen LogP contribution in [0.5, 0.6) is 0 Å². The van der Waals surface area contributed by atoms with E-state index >= 15 is 0 Å². The quantitative estimate of drug-likeness (QED) is 0.605. The Morgan fingerprint density at radius 2 is 1.59 bits per heavy atom. The summed E-state index contributed by atoms with van der Waals surface area (Å²) in [7, 11) is -3.52. The van der Waals surface area contributed by atoms with Gasteiger partial charge in [-0.25, -0.2) is 13.1 Å². The molecule has 1 amide bonds. The normalized spacial score (nSPS) is 15.2. The number of benzene rings is 2. The van der Waals surface area contributed by atoms with Gasteiger partial charge in [0.2, 0.25) is 15.9 Å². The number of sulfonamides is 1. The molecule has 0 aromatic heterocycles. The van der Waals surface area contributed by atoms with Crippen LogP contribution in [-0.4, -0.2) is 20.4 Å². The molecule has 1 fully saturated rings. The van der Waals surface area contributed by atoms with E-state index in [-0.39, 0.29) is 23.3 Å². The molecule has 1 aliphatic rings. The van der Waals surface area contributed by atoms with E-state index in [1.165, 1.54) is 6.42 Å². The van der Waals surface area contributed by atoms with Gasteiger partial charge in [0.05, 0.1) is 20.6 Å². The summed E-state index contributed by atoms with van der Waals surface area (Å²) in [5.41, 5.74) is 1.28. The van der Waals surface area contributed by atoms with Gasteiger partial charge in [-0.3, -0.25) is 4.79 Å². The third-order valence-electron chi connectivity index (χ3n) is 5.03. The van der Waals surface area contributed by atoms with Crippen molar-refractivity contribution in [3.63, 3.8) is 0 Å². The number of amides is 1. The van der Waals surface area contributed by atoms with E-state index in [2.05, 4.69) is 10.0 Å². The van der Waals surface area contributed by atoms with Gasteiger partial charge in [0.1, 0.15) is 0 Å². The van der Waals surface area contributed by atoms with Crippen molar-refractivity contribution < 1.29 is 13.2 Å². The van der Waals surface area contributed by atoms with Gasteiger partial charge >= 0.3 is 0 Å². The van der Waals surface area contributed by atoms with E-state index in [1.54, 1.807) is 42.5 Å². The first-order valence-electron chi connectivity index (χ1n) is 9.70. The molecule has 3 rings (SSSR count). The molecule has 8 heteroatoms. The monoisotopic (exact) mass is 454 g/mol. The van der Waals surface area contributed by atoms with Crippen LogP contribution in [0.4, 0.5) is 5.69 Å². The van der Waals surface area contributed by atoms with Crippen LogP contribution in [0.25, 0.3) is 0 Å². The fourth-order valence-corrected chi connectivity index (χ4v) is 5.22. The summed E-state index contributed by atoms with van der Waals surface area (Å²) in [6.45, 7) is 0. The molecule has 0 heterocycles. The zero-order valence-corrected chi connectivity index (χ0v) is 18.3. The summed E-state index contributed by atoms with van der Waals surface area (Å²) in [5, 5.41) is 3.48. The Labute approximate surface area is 181 Å².